The number of amides is 1. The van der Waals surface area contributed by atoms with E-state index in [1.165, 1.54) is 70.6 Å². The minimum atomic E-state index is 0.128. The monoisotopic (exact) mass is 612 g/mol. The van der Waals surface area contributed by atoms with Crippen LogP contribution in [0.5, 0.6) is 0 Å². The second kappa shape index (κ2) is 28.1. The molecule has 2 aromatic heterocycles. The van der Waals surface area contributed by atoms with Crippen LogP contribution >= 0.6 is 0 Å². The maximum atomic E-state index is 12.0. The summed E-state index contributed by atoms with van der Waals surface area (Å²) in [6.07, 6.45) is 21.4. The van der Waals surface area contributed by atoms with E-state index < -0.39 is 0 Å². The second-order valence-electron chi connectivity index (χ2n) is 11.5. The molecule has 0 aliphatic carbocycles. The lowest BCUT2D eigenvalue weighted by atomic mass is 10.0. The smallest absolute Gasteiger partial charge is 0.220 e. The fraction of sp³-hybridized carbons (Fsp3) is 0.694. The van der Waals surface area contributed by atoms with Gasteiger partial charge in [-0.2, -0.15) is 0 Å². The van der Waals surface area contributed by atoms with Crippen molar-refractivity contribution in [2.75, 3.05) is 52.7 Å². The summed E-state index contributed by atoms with van der Waals surface area (Å²) >= 11 is 0. The number of unbranched alkanes of at least 4 members (excludes halogenated alkanes) is 12. The minimum absolute atomic E-state index is 0.128. The van der Waals surface area contributed by atoms with Crippen molar-refractivity contribution >= 4 is 5.91 Å². The van der Waals surface area contributed by atoms with Gasteiger partial charge in [-0.1, -0.05) is 96.1 Å². The number of rotatable bonds is 30. The summed E-state index contributed by atoms with van der Waals surface area (Å²) in [5, 5.41) is 2.95. The van der Waals surface area contributed by atoms with Gasteiger partial charge in [-0.05, 0) is 30.7 Å². The summed E-state index contributed by atoms with van der Waals surface area (Å²) in [6.45, 7) is 8.30. The van der Waals surface area contributed by atoms with Gasteiger partial charge in [0.05, 0.1) is 51.0 Å². The molecule has 1 amide bonds. The van der Waals surface area contributed by atoms with Crippen molar-refractivity contribution < 1.29 is 19.0 Å². The molecule has 0 fully saturated rings. The lowest BCUT2D eigenvalue weighted by Crippen LogP contribution is -2.28. The molecule has 0 saturated carbocycles. The van der Waals surface area contributed by atoms with Crippen molar-refractivity contribution in [3.63, 3.8) is 0 Å². The number of aromatic nitrogens is 2. The van der Waals surface area contributed by atoms with Crippen molar-refractivity contribution in [3.05, 3.63) is 60.2 Å². The summed E-state index contributed by atoms with van der Waals surface area (Å²) in [5.74, 6) is 0.128. The van der Waals surface area contributed by atoms with E-state index in [1.807, 2.05) is 48.8 Å². The van der Waals surface area contributed by atoms with Crippen LogP contribution in [0.3, 0.4) is 0 Å². The maximum absolute atomic E-state index is 12.0. The van der Waals surface area contributed by atoms with E-state index in [1.54, 1.807) is 0 Å². The number of carbonyl (C=O) groups is 1. The minimum Gasteiger partial charge on any atom is -0.378 e. The average molecular weight is 613 g/mol. The Kier molecular flexibility index (Phi) is 24.1. The summed E-state index contributed by atoms with van der Waals surface area (Å²) in [4.78, 5) is 23.2. The summed E-state index contributed by atoms with van der Waals surface area (Å²) in [5.41, 5.74) is 2.06. The largest absolute Gasteiger partial charge is 0.378 e. The van der Waals surface area contributed by atoms with Crippen LogP contribution in [-0.4, -0.2) is 73.5 Å². The topological polar surface area (TPSA) is 85.8 Å². The molecular formula is C36H60N4O4. The lowest BCUT2D eigenvalue weighted by molar-refractivity contribution is -0.121. The van der Waals surface area contributed by atoms with Gasteiger partial charge in [-0.25, -0.2) is 0 Å². The Morgan fingerprint density at radius 3 is 1.61 bits per heavy atom. The average Bonchev–Trinajstić information content (AvgIpc) is 3.04. The van der Waals surface area contributed by atoms with Crippen molar-refractivity contribution in [1.29, 1.82) is 0 Å². The lowest BCUT2D eigenvalue weighted by Gasteiger charge is -2.21. The molecule has 2 heterocycles. The van der Waals surface area contributed by atoms with Gasteiger partial charge in [-0.15, -0.1) is 0 Å². The van der Waals surface area contributed by atoms with Crippen molar-refractivity contribution in [2.45, 2.75) is 110 Å². The highest BCUT2D eigenvalue weighted by atomic mass is 16.5. The predicted octanol–water partition coefficient (Wildman–Crippen LogP) is 7.13. The van der Waals surface area contributed by atoms with Crippen molar-refractivity contribution in [1.82, 2.24) is 20.2 Å². The fourth-order valence-corrected chi connectivity index (χ4v) is 5.05. The van der Waals surface area contributed by atoms with Crippen LogP contribution in [0.1, 0.15) is 108 Å². The molecular weight excluding hydrogens is 552 g/mol. The second-order valence-corrected chi connectivity index (χ2v) is 11.5. The number of nitrogens with one attached hydrogen (secondary N) is 1. The molecule has 8 heteroatoms. The first-order chi connectivity index (χ1) is 21.8. The van der Waals surface area contributed by atoms with Crippen LogP contribution in [-0.2, 0) is 32.1 Å². The molecule has 8 nitrogen and oxygen atoms in total. The number of hydrogen-bond acceptors (Lipinski definition) is 7. The van der Waals surface area contributed by atoms with Gasteiger partial charge in [0.1, 0.15) is 0 Å². The van der Waals surface area contributed by atoms with Gasteiger partial charge in [0, 0.05) is 45.0 Å². The van der Waals surface area contributed by atoms with E-state index in [-0.39, 0.29) is 5.91 Å². The van der Waals surface area contributed by atoms with E-state index in [0.29, 0.717) is 52.6 Å². The zero-order valence-corrected chi connectivity index (χ0v) is 27.6. The number of carbonyl (C=O) groups excluding carboxylic acids is 1. The Morgan fingerprint density at radius 2 is 1.11 bits per heavy atom. The van der Waals surface area contributed by atoms with Gasteiger partial charge in [0.2, 0.25) is 5.91 Å². The third kappa shape index (κ3) is 22.2. The van der Waals surface area contributed by atoms with Crippen LogP contribution in [0.15, 0.2) is 48.8 Å². The molecule has 0 spiro atoms. The molecule has 0 radical (unpaired) electrons. The molecule has 0 saturated heterocycles. The summed E-state index contributed by atoms with van der Waals surface area (Å²) in [6, 6.07) is 12.0. The molecule has 0 unspecified atom stereocenters. The van der Waals surface area contributed by atoms with Gasteiger partial charge in [0.25, 0.3) is 0 Å². The molecule has 44 heavy (non-hydrogen) atoms. The first-order valence-electron chi connectivity index (χ1n) is 17.3. The van der Waals surface area contributed by atoms with E-state index in [4.69, 9.17) is 14.2 Å². The first kappa shape index (κ1) is 37.8. The first-order valence-corrected chi connectivity index (χ1v) is 17.3. The summed E-state index contributed by atoms with van der Waals surface area (Å²) < 4.78 is 17.0. The maximum Gasteiger partial charge on any atom is 0.220 e. The van der Waals surface area contributed by atoms with E-state index in [2.05, 4.69) is 27.1 Å². The Labute approximate surface area is 267 Å². The van der Waals surface area contributed by atoms with Crippen LogP contribution in [0.4, 0.5) is 0 Å². The molecule has 0 atom stereocenters. The Morgan fingerprint density at radius 1 is 0.636 bits per heavy atom. The van der Waals surface area contributed by atoms with Crippen LogP contribution in [0.2, 0.25) is 0 Å². The molecule has 2 rings (SSSR count). The third-order valence-corrected chi connectivity index (χ3v) is 7.60. The van der Waals surface area contributed by atoms with Gasteiger partial charge >= 0.3 is 0 Å². The Balaban J connectivity index is 1.34. The number of hydrogen-bond donors (Lipinski definition) is 1. The van der Waals surface area contributed by atoms with Crippen molar-refractivity contribution in [2.24, 2.45) is 0 Å². The van der Waals surface area contributed by atoms with Crippen LogP contribution < -0.4 is 5.32 Å². The zero-order chi connectivity index (χ0) is 31.2. The number of ether oxygens (including phenoxy) is 3. The molecule has 1 N–H and O–H groups in total. The quantitative estimate of drug-likeness (QED) is 0.0940. The molecule has 0 aliphatic rings. The Bertz CT molecular complexity index is 862. The molecule has 0 aromatic carbocycles. The van der Waals surface area contributed by atoms with Crippen LogP contribution in [0, 0.1) is 0 Å². The highest BCUT2D eigenvalue weighted by Crippen LogP contribution is 2.13. The zero-order valence-electron chi connectivity index (χ0n) is 27.6. The van der Waals surface area contributed by atoms with Gasteiger partial charge < -0.3 is 19.5 Å². The standard InChI is InChI=1S/C36H60N4O4/c1-2-3-4-5-6-7-8-9-10-11-12-13-14-21-36(41)39-24-26-42-28-30-44-31-29-43-27-25-40(32-34-19-15-17-22-37-34)33-35-20-16-18-23-38-35/h15-20,22-23H,2-14,21,24-33H2,1H3,(H,39,41). The highest BCUT2D eigenvalue weighted by molar-refractivity contribution is 5.75. The molecule has 0 bridgehead atoms. The number of pyridine rings is 2. The van der Waals surface area contributed by atoms with Gasteiger partial charge in [0.15, 0.2) is 0 Å². The normalized spacial score (nSPS) is 11.3. The molecule has 2 aromatic rings. The number of nitrogens with zero attached hydrogens (tertiary/aromatic N) is 3. The van der Waals surface area contributed by atoms with Crippen molar-refractivity contribution in [3.8, 4) is 0 Å². The Hall–Kier alpha value is -2.39. The molecule has 0 aliphatic heterocycles. The fourth-order valence-electron chi connectivity index (χ4n) is 5.05. The van der Waals surface area contributed by atoms with Crippen LogP contribution in [0.25, 0.3) is 0 Å². The highest BCUT2D eigenvalue weighted by Gasteiger charge is 2.09. The van der Waals surface area contributed by atoms with Gasteiger partial charge in [-0.3, -0.25) is 19.7 Å². The predicted molar refractivity (Wildman–Crippen MR) is 178 cm³/mol. The van der Waals surface area contributed by atoms with E-state index in [0.717, 1.165) is 43.9 Å². The van der Waals surface area contributed by atoms with E-state index in [9.17, 15) is 4.79 Å². The van der Waals surface area contributed by atoms with E-state index >= 15 is 0 Å². The SMILES string of the molecule is CCCCCCCCCCCCCCCC(=O)NCCOCCOCCOCCN(Cc1ccccn1)Cc1ccccn1. The third-order valence-electron chi connectivity index (χ3n) is 7.60. The molecule has 248 valence electrons. The summed E-state index contributed by atoms with van der Waals surface area (Å²) in [7, 11) is 0.